The van der Waals surface area contributed by atoms with Crippen molar-refractivity contribution in [3.05, 3.63) is 23.5 Å². The summed E-state index contributed by atoms with van der Waals surface area (Å²) in [6, 6.07) is 2.28. The zero-order valence-corrected chi connectivity index (χ0v) is 17.9. The molecular formula is C19H31Cl2N5O. The quantitative estimate of drug-likeness (QED) is 0.776. The van der Waals surface area contributed by atoms with Crippen LogP contribution in [0.5, 0.6) is 0 Å². The molecule has 3 unspecified atom stereocenters. The third-order valence-electron chi connectivity index (χ3n) is 5.48. The highest BCUT2D eigenvalue weighted by Gasteiger charge is 2.27. The lowest BCUT2D eigenvalue weighted by Gasteiger charge is -2.31. The zero-order chi connectivity index (χ0) is 18.0. The first kappa shape index (κ1) is 23.7. The SMILES string of the molecule is CCC(C)n1ncc2c(C(=O)NC3CCCCC3CN)cc(C)nc21.Cl.Cl. The maximum Gasteiger partial charge on any atom is 0.252 e. The number of rotatable bonds is 5. The molecule has 6 nitrogen and oxygen atoms in total. The molecule has 0 saturated heterocycles. The maximum atomic E-state index is 13.0. The van der Waals surface area contributed by atoms with Crippen molar-refractivity contribution < 1.29 is 4.79 Å². The Morgan fingerprint density at radius 1 is 1.37 bits per heavy atom. The minimum atomic E-state index is -0.0375. The van der Waals surface area contributed by atoms with Gasteiger partial charge in [0.25, 0.3) is 5.91 Å². The Kier molecular flexibility index (Phi) is 8.99. The van der Waals surface area contributed by atoms with Gasteiger partial charge in [-0.2, -0.15) is 5.10 Å². The Balaban J connectivity index is 0.00000182. The van der Waals surface area contributed by atoms with Crippen LogP contribution in [0.1, 0.15) is 68.0 Å². The highest BCUT2D eigenvalue weighted by Crippen LogP contribution is 2.26. The van der Waals surface area contributed by atoms with E-state index in [4.69, 9.17) is 5.73 Å². The van der Waals surface area contributed by atoms with Crippen LogP contribution in [0.4, 0.5) is 0 Å². The summed E-state index contributed by atoms with van der Waals surface area (Å²) in [6.07, 6.45) is 7.19. The molecule has 0 aliphatic heterocycles. The maximum absolute atomic E-state index is 13.0. The number of amides is 1. The van der Waals surface area contributed by atoms with Crippen LogP contribution in [0.3, 0.4) is 0 Å². The highest BCUT2D eigenvalue weighted by atomic mass is 35.5. The summed E-state index contributed by atoms with van der Waals surface area (Å²) in [5.74, 6) is 0.337. The predicted octanol–water partition coefficient (Wildman–Crippen LogP) is 3.80. The van der Waals surface area contributed by atoms with Crippen molar-refractivity contribution in [2.75, 3.05) is 6.54 Å². The van der Waals surface area contributed by atoms with Crippen LogP contribution in [0.15, 0.2) is 12.3 Å². The number of aromatic nitrogens is 3. The van der Waals surface area contributed by atoms with Gasteiger partial charge in [0, 0.05) is 11.7 Å². The van der Waals surface area contributed by atoms with Gasteiger partial charge in [-0.05, 0) is 51.6 Å². The molecule has 2 aromatic rings. The van der Waals surface area contributed by atoms with Crippen molar-refractivity contribution in [3.63, 3.8) is 0 Å². The van der Waals surface area contributed by atoms with Gasteiger partial charge < -0.3 is 11.1 Å². The average Bonchev–Trinajstić information content (AvgIpc) is 3.04. The van der Waals surface area contributed by atoms with Crippen LogP contribution in [-0.4, -0.2) is 33.3 Å². The summed E-state index contributed by atoms with van der Waals surface area (Å²) in [5, 5.41) is 8.53. The molecule has 0 aromatic carbocycles. The van der Waals surface area contributed by atoms with Crippen LogP contribution >= 0.6 is 24.8 Å². The summed E-state index contributed by atoms with van der Waals surface area (Å²) >= 11 is 0. The molecule has 3 N–H and O–H groups in total. The van der Waals surface area contributed by atoms with E-state index in [-0.39, 0.29) is 42.8 Å². The number of aryl methyl sites for hydroxylation is 1. The van der Waals surface area contributed by atoms with Crippen molar-refractivity contribution in [1.29, 1.82) is 0 Å². The molecule has 1 amide bonds. The monoisotopic (exact) mass is 415 g/mol. The fraction of sp³-hybridized carbons (Fsp3) is 0.632. The van der Waals surface area contributed by atoms with E-state index in [2.05, 4.69) is 29.2 Å². The number of nitrogens with zero attached hydrogens (tertiary/aromatic N) is 3. The topological polar surface area (TPSA) is 85.8 Å². The molecular weight excluding hydrogens is 385 g/mol. The minimum Gasteiger partial charge on any atom is -0.349 e. The normalized spacial score (nSPS) is 20.4. The van der Waals surface area contributed by atoms with E-state index in [0.29, 0.717) is 18.0 Å². The number of hydrogen-bond acceptors (Lipinski definition) is 4. The fourth-order valence-electron chi connectivity index (χ4n) is 3.75. The summed E-state index contributed by atoms with van der Waals surface area (Å²) in [4.78, 5) is 17.6. The number of nitrogens with one attached hydrogen (secondary N) is 1. The number of fused-ring (bicyclic) bond motifs is 1. The van der Waals surface area contributed by atoms with Crippen molar-refractivity contribution in [2.45, 2.75) is 65.0 Å². The van der Waals surface area contributed by atoms with Crippen LogP contribution in [0.25, 0.3) is 11.0 Å². The van der Waals surface area contributed by atoms with Gasteiger partial charge in [-0.3, -0.25) is 4.79 Å². The van der Waals surface area contributed by atoms with Crippen LogP contribution in [0, 0.1) is 12.8 Å². The number of nitrogens with two attached hydrogens (primary N) is 1. The van der Waals surface area contributed by atoms with Gasteiger partial charge >= 0.3 is 0 Å². The Hall–Kier alpha value is -1.37. The van der Waals surface area contributed by atoms with Crippen molar-refractivity contribution in [2.24, 2.45) is 11.7 Å². The van der Waals surface area contributed by atoms with E-state index in [1.807, 2.05) is 17.7 Å². The molecule has 0 spiro atoms. The van der Waals surface area contributed by atoms with E-state index in [9.17, 15) is 4.79 Å². The molecule has 27 heavy (non-hydrogen) atoms. The van der Waals surface area contributed by atoms with E-state index in [1.165, 1.54) is 6.42 Å². The molecule has 0 radical (unpaired) electrons. The first-order valence-corrected chi connectivity index (χ1v) is 9.41. The fourth-order valence-corrected chi connectivity index (χ4v) is 3.75. The number of pyridine rings is 1. The Morgan fingerprint density at radius 3 is 2.74 bits per heavy atom. The van der Waals surface area contributed by atoms with Gasteiger partial charge in [0.2, 0.25) is 0 Å². The summed E-state index contributed by atoms with van der Waals surface area (Å²) < 4.78 is 1.92. The van der Waals surface area contributed by atoms with Crippen LogP contribution < -0.4 is 11.1 Å². The molecule has 1 aliphatic carbocycles. The minimum absolute atomic E-state index is 0. The second-order valence-electron chi connectivity index (χ2n) is 7.26. The van der Waals surface area contributed by atoms with Crippen molar-refractivity contribution in [1.82, 2.24) is 20.1 Å². The predicted molar refractivity (Wildman–Crippen MR) is 114 cm³/mol. The molecule has 1 fully saturated rings. The van der Waals surface area contributed by atoms with Gasteiger partial charge in [0.15, 0.2) is 5.65 Å². The third-order valence-corrected chi connectivity index (χ3v) is 5.48. The van der Waals surface area contributed by atoms with E-state index in [1.54, 1.807) is 6.20 Å². The Labute approximate surface area is 173 Å². The molecule has 3 rings (SSSR count). The number of carbonyl (C=O) groups excluding carboxylic acids is 1. The lowest BCUT2D eigenvalue weighted by Crippen LogP contribution is -2.44. The molecule has 2 aromatic heterocycles. The number of halogens is 2. The van der Waals surface area contributed by atoms with Gasteiger partial charge in [-0.15, -0.1) is 24.8 Å². The van der Waals surface area contributed by atoms with E-state index < -0.39 is 0 Å². The lowest BCUT2D eigenvalue weighted by molar-refractivity contribution is 0.0909. The third kappa shape index (κ3) is 4.92. The van der Waals surface area contributed by atoms with E-state index in [0.717, 1.165) is 42.4 Å². The molecule has 3 atom stereocenters. The van der Waals surface area contributed by atoms with Gasteiger partial charge in [-0.1, -0.05) is 19.8 Å². The highest BCUT2D eigenvalue weighted by molar-refractivity contribution is 6.05. The molecule has 1 saturated carbocycles. The second kappa shape index (κ2) is 10.2. The molecule has 0 bridgehead atoms. The first-order valence-electron chi connectivity index (χ1n) is 9.41. The van der Waals surface area contributed by atoms with Gasteiger partial charge in [0.1, 0.15) is 0 Å². The molecule has 2 heterocycles. The second-order valence-corrected chi connectivity index (χ2v) is 7.26. The van der Waals surface area contributed by atoms with E-state index >= 15 is 0 Å². The number of hydrogen-bond donors (Lipinski definition) is 2. The average molecular weight is 416 g/mol. The zero-order valence-electron chi connectivity index (χ0n) is 16.3. The van der Waals surface area contributed by atoms with Gasteiger partial charge in [-0.25, -0.2) is 9.67 Å². The molecule has 1 aliphatic rings. The van der Waals surface area contributed by atoms with Crippen LogP contribution in [-0.2, 0) is 0 Å². The Bertz CT molecular complexity index is 764. The lowest BCUT2D eigenvalue weighted by atomic mass is 9.84. The summed E-state index contributed by atoms with van der Waals surface area (Å²) in [6.45, 7) is 6.79. The molecule has 8 heteroatoms. The van der Waals surface area contributed by atoms with Crippen molar-refractivity contribution >= 4 is 41.8 Å². The Morgan fingerprint density at radius 2 is 2.07 bits per heavy atom. The largest absolute Gasteiger partial charge is 0.349 e. The number of carbonyl (C=O) groups is 1. The smallest absolute Gasteiger partial charge is 0.252 e. The summed E-state index contributed by atoms with van der Waals surface area (Å²) in [5.41, 5.74) is 8.19. The molecule has 152 valence electrons. The van der Waals surface area contributed by atoms with Crippen molar-refractivity contribution in [3.8, 4) is 0 Å². The van der Waals surface area contributed by atoms with Crippen LogP contribution in [0.2, 0.25) is 0 Å². The van der Waals surface area contributed by atoms with Gasteiger partial charge in [0.05, 0.1) is 23.2 Å². The standard InChI is InChI=1S/C19H29N5O.2ClH/c1-4-13(3)24-18-16(11-21-24)15(9-12(2)22-18)19(25)23-17-8-6-5-7-14(17)10-20;;/h9,11,13-14,17H,4-8,10,20H2,1-3H3,(H,23,25);2*1H. The summed E-state index contributed by atoms with van der Waals surface area (Å²) in [7, 11) is 0. The first-order chi connectivity index (χ1) is 12.0.